The Kier molecular flexibility index (Phi) is 5.87. The number of allylic oxidation sites excluding steroid dienone is 8. The van der Waals surface area contributed by atoms with Crippen LogP contribution in [-0.4, -0.2) is 0 Å². The van der Waals surface area contributed by atoms with Crippen LogP contribution in [0.15, 0.2) is 89.3 Å². The van der Waals surface area contributed by atoms with E-state index in [-0.39, 0.29) is 12.4 Å². The minimum absolute atomic E-state index is 0. The van der Waals surface area contributed by atoms with Gasteiger partial charge >= 0.3 is 146 Å². The Labute approximate surface area is 158 Å². The van der Waals surface area contributed by atoms with E-state index < -0.39 is 21.8 Å². The molecule has 2 aliphatic rings. The average molecular weight is 410 g/mol. The van der Waals surface area contributed by atoms with Crippen LogP contribution in [0.4, 0.5) is 0 Å². The monoisotopic (exact) mass is 408 g/mol. The Morgan fingerprint density at radius 1 is 0.792 bits per heavy atom. The third-order valence-corrected chi connectivity index (χ3v) is 10.9. The molecule has 0 aliphatic heterocycles. The van der Waals surface area contributed by atoms with Crippen molar-refractivity contribution >= 4 is 16.8 Å². The fraction of sp³-hybridized carbons (Fsp3) is 0.0909. The Morgan fingerprint density at radius 2 is 1.46 bits per heavy atom. The van der Waals surface area contributed by atoms with E-state index in [1.807, 2.05) is 0 Å². The second-order valence-electron chi connectivity index (χ2n) is 5.96. The van der Waals surface area contributed by atoms with Gasteiger partial charge in [0.15, 0.2) is 0 Å². The first-order valence-electron chi connectivity index (χ1n) is 8.17. The third-order valence-electron chi connectivity index (χ3n) is 4.49. The standard InChI is InChI=1S/C12H9.2C5H5.ClH.Zr/c1-2-10-7-5-8-11-6-3-4-9-12(10)11;2*1-2-4-5-3-1;;/h1-9H;2*1-3H,4H2;1H;/q;;;;+1/p-1. The zero-order valence-corrected chi connectivity index (χ0v) is 16.7. The Hall–Kier alpha value is -1.43. The van der Waals surface area contributed by atoms with Gasteiger partial charge in [0, 0.05) is 0 Å². The minimum Gasteiger partial charge on any atom is -1.00 e. The number of hydrogen-bond acceptors (Lipinski definition) is 0. The van der Waals surface area contributed by atoms with E-state index in [1.54, 1.807) is 6.56 Å². The molecule has 0 atom stereocenters. The van der Waals surface area contributed by atoms with Gasteiger partial charge in [-0.25, -0.2) is 0 Å². The summed E-state index contributed by atoms with van der Waals surface area (Å²) in [5.41, 5.74) is 1.35. The van der Waals surface area contributed by atoms with E-state index in [2.05, 4.69) is 88.8 Å². The van der Waals surface area contributed by atoms with Gasteiger partial charge < -0.3 is 12.4 Å². The molecule has 2 aromatic carbocycles. The number of benzene rings is 2. The predicted octanol–water partition coefficient (Wildman–Crippen LogP) is 3.12. The second-order valence-corrected chi connectivity index (χ2v) is 12.0. The molecule has 0 bridgehead atoms. The van der Waals surface area contributed by atoms with Crippen molar-refractivity contribution in [1.82, 2.24) is 0 Å². The SMILES string of the molecule is C1=CC[C]([Zr+]([CH]=Cc2cccc3ccccc23)[C]2=CC=CC2)=C1.[Cl-]. The molecule has 4 rings (SSSR count). The molecule has 2 heteroatoms. The van der Waals surface area contributed by atoms with Gasteiger partial charge in [0.1, 0.15) is 0 Å². The molecule has 0 spiro atoms. The zero-order chi connectivity index (χ0) is 15.5. The fourth-order valence-corrected chi connectivity index (χ4v) is 9.22. The Morgan fingerprint density at radius 3 is 2.12 bits per heavy atom. The summed E-state index contributed by atoms with van der Waals surface area (Å²) in [6, 6.07) is 15.3. The summed E-state index contributed by atoms with van der Waals surface area (Å²) >= 11 is -1.83. The van der Waals surface area contributed by atoms with Crippen LogP contribution < -0.4 is 12.4 Å². The van der Waals surface area contributed by atoms with Gasteiger partial charge in [-0.3, -0.25) is 0 Å². The van der Waals surface area contributed by atoms with Gasteiger partial charge in [0.05, 0.1) is 0 Å². The molecule has 0 amide bonds. The van der Waals surface area contributed by atoms with Crippen LogP contribution in [0, 0.1) is 0 Å². The fourth-order valence-electron chi connectivity index (χ4n) is 3.28. The maximum absolute atomic E-state index is 2.57. The molecule has 0 saturated carbocycles. The topological polar surface area (TPSA) is 0 Å². The summed E-state index contributed by atoms with van der Waals surface area (Å²) in [5.74, 6) is 0. The number of fused-ring (bicyclic) bond motifs is 1. The van der Waals surface area contributed by atoms with E-state index >= 15 is 0 Å². The van der Waals surface area contributed by atoms with E-state index in [0.29, 0.717) is 0 Å². The smallest absolute Gasteiger partial charge is 1.00 e. The first kappa shape index (κ1) is 17.4. The van der Waals surface area contributed by atoms with Crippen LogP contribution in [0.5, 0.6) is 0 Å². The summed E-state index contributed by atoms with van der Waals surface area (Å²) in [5, 5.41) is 2.68. The number of halogens is 1. The molecule has 118 valence electrons. The van der Waals surface area contributed by atoms with Gasteiger partial charge in [-0.1, -0.05) is 0 Å². The quantitative estimate of drug-likeness (QED) is 0.727. The largest absolute Gasteiger partial charge is 1.00 e. The molecule has 0 saturated heterocycles. The summed E-state index contributed by atoms with van der Waals surface area (Å²) in [6.45, 7) is 0. The van der Waals surface area contributed by atoms with Crippen molar-refractivity contribution in [2.24, 2.45) is 0 Å². The zero-order valence-electron chi connectivity index (χ0n) is 13.5. The molecule has 0 aromatic heterocycles. The Balaban J connectivity index is 0.00000169. The van der Waals surface area contributed by atoms with Crippen LogP contribution in [0.2, 0.25) is 0 Å². The summed E-state index contributed by atoms with van der Waals surface area (Å²) < 4.78 is 5.96. The van der Waals surface area contributed by atoms with Gasteiger partial charge in [0.25, 0.3) is 0 Å². The van der Waals surface area contributed by atoms with E-state index in [9.17, 15) is 0 Å². The molecule has 0 fully saturated rings. The van der Waals surface area contributed by atoms with Crippen molar-refractivity contribution in [3.05, 3.63) is 94.8 Å². The third kappa shape index (κ3) is 3.63. The van der Waals surface area contributed by atoms with Crippen molar-refractivity contribution in [2.75, 3.05) is 0 Å². The molecule has 0 unspecified atom stereocenters. The molecule has 0 radical (unpaired) electrons. The molecular formula is C22H19ClZr. The molecule has 0 heterocycles. The molecule has 0 N–H and O–H groups in total. The number of hydrogen-bond donors (Lipinski definition) is 0. The van der Waals surface area contributed by atoms with Crippen molar-refractivity contribution in [1.29, 1.82) is 0 Å². The summed E-state index contributed by atoms with van der Waals surface area (Å²) in [6.07, 6.45) is 18.5. The Bertz CT molecular complexity index is 848. The first-order valence-corrected chi connectivity index (χ1v) is 12.0. The molecule has 2 aliphatic carbocycles. The van der Waals surface area contributed by atoms with E-state index in [4.69, 9.17) is 0 Å². The molecule has 0 nitrogen and oxygen atoms in total. The van der Waals surface area contributed by atoms with Gasteiger partial charge in [-0.05, 0) is 0 Å². The van der Waals surface area contributed by atoms with Crippen molar-refractivity contribution in [3.8, 4) is 0 Å². The van der Waals surface area contributed by atoms with Gasteiger partial charge in [-0.2, -0.15) is 0 Å². The molecule has 24 heavy (non-hydrogen) atoms. The second kappa shape index (κ2) is 8.10. The average Bonchev–Trinajstić information content (AvgIpc) is 3.29. The summed E-state index contributed by atoms with van der Waals surface area (Å²) in [4.78, 5) is 0. The van der Waals surface area contributed by atoms with Gasteiger partial charge in [-0.15, -0.1) is 0 Å². The van der Waals surface area contributed by atoms with Crippen LogP contribution in [0.25, 0.3) is 16.8 Å². The van der Waals surface area contributed by atoms with Crippen LogP contribution in [-0.2, 0) is 21.8 Å². The van der Waals surface area contributed by atoms with E-state index in [0.717, 1.165) is 12.8 Å². The van der Waals surface area contributed by atoms with Gasteiger partial charge in [0.2, 0.25) is 0 Å². The maximum atomic E-state index is 2.57. The first-order chi connectivity index (χ1) is 11.4. The predicted molar refractivity (Wildman–Crippen MR) is 96.7 cm³/mol. The molecule has 2 aromatic rings. The van der Waals surface area contributed by atoms with Crippen molar-refractivity contribution in [2.45, 2.75) is 12.8 Å². The van der Waals surface area contributed by atoms with Crippen LogP contribution in [0.3, 0.4) is 0 Å². The van der Waals surface area contributed by atoms with E-state index in [1.165, 1.54) is 16.3 Å². The van der Waals surface area contributed by atoms with Crippen molar-refractivity contribution < 1.29 is 34.2 Å². The normalized spacial score (nSPS) is 15.7. The minimum atomic E-state index is -1.83. The van der Waals surface area contributed by atoms with Crippen molar-refractivity contribution in [3.63, 3.8) is 0 Å². The van der Waals surface area contributed by atoms with Crippen LogP contribution >= 0.6 is 0 Å². The number of rotatable bonds is 4. The summed E-state index contributed by atoms with van der Waals surface area (Å²) in [7, 11) is 0. The maximum Gasteiger partial charge on any atom is -1.00 e. The molecular weight excluding hydrogens is 391 g/mol. The van der Waals surface area contributed by atoms with Crippen LogP contribution in [0.1, 0.15) is 18.4 Å².